The lowest BCUT2D eigenvalue weighted by Crippen LogP contribution is -2.11. The van der Waals surface area contributed by atoms with E-state index >= 15 is 0 Å². The van der Waals surface area contributed by atoms with E-state index in [0.29, 0.717) is 36.3 Å². The molecule has 10 heteroatoms. The maximum atomic E-state index is 12.8. The molecule has 6 nitrogen and oxygen atoms in total. The predicted molar refractivity (Wildman–Crippen MR) is 142 cm³/mol. The molecule has 0 bridgehead atoms. The molecule has 0 atom stereocenters. The maximum Gasteiger partial charge on any atom is 0.416 e. The molecule has 0 saturated carbocycles. The number of alkyl halides is 3. The Morgan fingerprint density at radius 2 is 1.97 bits per heavy atom. The van der Waals surface area contributed by atoms with Crippen molar-refractivity contribution in [2.75, 3.05) is 17.2 Å². The maximum absolute atomic E-state index is 12.8. The number of anilines is 2. The van der Waals surface area contributed by atoms with Crippen LogP contribution in [-0.2, 0) is 36.8 Å². The molecule has 2 aromatic heterocycles. The fraction of sp³-hybridized carbons (Fsp3) is 0.407. The highest BCUT2D eigenvalue weighted by molar-refractivity contribution is 6.28. The highest BCUT2D eigenvalue weighted by atomic mass is 35.5. The number of nitrogens with zero attached hydrogens (tertiary/aromatic N) is 3. The lowest BCUT2D eigenvalue weighted by Gasteiger charge is -2.16. The number of aromatic nitrogens is 3. The Morgan fingerprint density at radius 1 is 1.19 bits per heavy atom. The smallest absolute Gasteiger partial charge is 0.385 e. The Kier molecular flexibility index (Phi) is 12.3. The van der Waals surface area contributed by atoms with Crippen molar-refractivity contribution in [3.8, 4) is 0 Å². The number of halogens is 4. The van der Waals surface area contributed by atoms with E-state index in [1.807, 2.05) is 39.2 Å². The Labute approximate surface area is 221 Å². The third-order valence-corrected chi connectivity index (χ3v) is 5.64. The van der Waals surface area contributed by atoms with E-state index in [1.54, 1.807) is 6.07 Å². The summed E-state index contributed by atoms with van der Waals surface area (Å²) >= 11 is 5.93. The molecule has 0 unspecified atom stereocenters. The summed E-state index contributed by atoms with van der Waals surface area (Å²) < 4.78 is 38.4. The van der Waals surface area contributed by atoms with Gasteiger partial charge < -0.3 is 15.4 Å². The molecule has 2 N–H and O–H groups in total. The minimum absolute atomic E-state index is 0.0321. The molecule has 3 heterocycles. The Bertz CT molecular complexity index is 1120. The first kappa shape index (κ1) is 30.0. The quantitative estimate of drug-likeness (QED) is 0.252. The SMILES string of the molecule is CC.CCc1c(CCC=O)nc(Cl)nc1NCc1cccc(C(F)(F)F)c1.c1cc2c(cn1)CCCN2. The van der Waals surface area contributed by atoms with E-state index in [9.17, 15) is 18.0 Å². The van der Waals surface area contributed by atoms with Gasteiger partial charge in [-0.1, -0.05) is 32.9 Å². The number of hydrogen-bond donors (Lipinski definition) is 2. The van der Waals surface area contributed by atoms with Crippen LogP contribution in [-0.4, -0.2) is 27.8 Å². The first-order valence-corrected chi connectivity index (χ1v) is 12.7. The van der Waals surface area contributed by atoms with Crippen molar-refractivity contribution in [1.82, 2.24) is 15.0 Å². The number of benzene rings is 1. The van der Waals surface area contributed by atoms with Gasteiger partial charge in [-0.2, -0.15) is 13.2 Å². The lowest BCUT2D eigenvalue weighted by molar-refractivity contribution is -0.137. The summed E-state index contributed by atoms with van der Waals surface area (Å²) in [6, 6.07) is 7.12. The molecule has 1 aliphatic rings. The predicted octanol–water partition coefficient (Wildman–Crippen LogP) is 6.92. The molecule has 37 heavy (non-hydrogen) atoms. The van der Waals surface area contributed by atoms with Crippen LogP contribution in [0.3, 0.4) is 0 Å². The molecule has 0 radical (unpaired) electrons. The second-order valence-electron chi connectivity index (χ2n) is 7.94. The van der Waals surface area contributed by atoms with E-state index in [1.165, 1.54) is 30.2 Å². The number of hydrogen-bond acceptors (Lipinski definition) is 6. The van der Waals surface area contributed by atoms with Crippen LogP contribution in [0.1, 0.15) is 61.6 Å². The fourth-order valence-electron chi connectivity index (χ4n) is 3.76. The third-order valence-electron chi connectivity index (χ3n) is 5.47. The van der Waals surface area contributed by atoms with Crippen molar-refractivity contribution >= 4 is 29.4 Å². The molecular formula is C27H33ClF3N5O. The second kappa shape index (κ2) is 15.1. The zero-order valence-electron chi connectivity index (χ0n) is 21.3. The van der Waals surface area contributed by atoms with Gasteiger partial charge in [-0.05, 0) is 66.6 Å². The van der Waals surface area contributed by atoms with Gasteiger partial charge in [-0.25, -0.2) is 9.97 Å². The molecule has 0 fully saturated rings. The molecule has 0 aliphatic carbocycles. The van der Waals surface area contributed by atoms with Gasteiger partial charge >= 0.3 is 6.18 Å². The van der Waals surface area contributed by atoms with Crippen LogP contribution < -0.4 is 10.6 Å². The number of fused-ring (bicyclic) bond motifs is 1. The van der Waals surface area contributed by atoms with Gasteiger partial charge in [0.1, 0.15) is 12.1 Å². The number of carbonyl (C=O) groups excluding carboxylic acids is 1. The van der Waals surface area contributed by atoms with Gasteiger partial charge in [0.15, 0.2) is 0 Å². The number of carbonyl (C=O) groups is 1. The first-order valence-electron chi connectivity index (χ1n) is 12.4. The van der Waals surface area contributed by atoms with E-state index in [0.717, 1.165) is 30.5 Å². The molecule has 1 aliphatic heterocycles. The molecule has 0 amide bonds. The normalized spacial score (nSPS) is 12.1. The molecule has 200 valence electrons. The standard InChI is InChI=1S/C17H17ClF3N3O.C8H10N2.C2H6/c1-2-13-14(7-4-8-25)23-16(18)24-15(13)22-10-11-5-3-6-12(9-11)17(19,20)21;1-2-7-6-9-5-3-8(7)10-4-1;1-2/h3,5-6,8-9H,2,4,7,10H2,1H3,(H,22,23,24);3,5-6,10H,1-2,4H2;1-2H3. The van der Waals surface area contributed by atoms with Gasteiger partial charge in [0, 0.05) is 43.2 Å². The van der Waals surface area contributed by atoms with Crippen molar-refractivity contribution in [2.45, 2.75) is 65.6 Å². The van der Waals surface area contributed by atoms with Crippen LogP contribution in [0.5, 0.6) is 0 Å². The van der Waals surface area contributed by atoms with Crippen molar-refractivity contribution in [3.05, 3.63) is 76.0 Å². The first-order chi connectivity index (χ1) is 17.8. The minimum Gasteiger partial charge on any atom is -0.385 e. The van der Waals surface area contributed by atoms with Crippen LogP contribution >= 0.6 is 11.6 Å². The molecular weight excluding hydrogens is 503 g/mol. The molecule has 3 aromatic rings. The topological polar surface area (TPSA) is 79.8 Å². The summed E-state index contributed by atoms with van der Waals surface area (Å²) in [5.74, 6) is 0.473. The van der Waals surface area contributed by atoms with Gasteiger partial charge in [-0.15, -0.1) is 0 Å². The summed E-state index contributed by atoms with van der Waals surface area (Å²) in [6.07, 6.45) is 3.96. The summed E-state index contributed by atoms with van der Waals surface area (Å²) in [5.41, 5.74) is 3.87. The Hall–Kier alpha value is -3.20. The third kappa shape index (κ3) is 9.31. The van der Waals surface area contributed by atoms with E-state index in [4.69, 9.17) is 11.6 Å². The largest absolute Gasteiger partial charge is 0.416 e. The van der Waals surface area contributed by atoms with E-state index in [2.05, 4.69) is 25.6 Å². The summed E-state index contributed by atoms with van der Waals surface area (Å²) in [6.45, 7) is 7.18. The average molecular weight is 536 g/mol. The zero-order valence-corrected chi connectivity index (χ0v) is 22.1. The molecule has 4 rings (SSSR count). The van der Waals surface area contributed by atoms with E-state index in [-0.39, 0.29) is 11.8 Å². The lowest BCUT2D eigenvalue weighted by atomic mass is 10.1. The van der Waals surface area contributed by atoms with Gasteiger partial charge in [0.05, 0.1) is 11.3 Å². The Morgan fingerprint density at radius 3 is 2.65 bits per heavy atom. The molecule has 0 spiro atoms. The van der Waals surface area contributed by atoms with Crippen LogP contribution in [0.15, 0.2) is 42.7 Å². The van der Waals surface area contributed by atoms with Gasteiger partial charge in [0.25, 0.3) is 0 Å². The van der Waals surface area contributed by atoms with E-state index < -0.39 is 11.7 Å². The van der Waals surface area contributed by atoms with Crippen molar-refractivity contribution in [3.63, 3.8) is 0 Å². The van der Waals surface area contributed by atoms with Crippen molar-refractivity contribution < 1.29 is 18.0 Å². The van der Waals surface area contributed by atoms with Gasteiger partial charge in [-0.3, -0.25) is 4.98 Å². The monoisotopic (exact) mass is 535 g/mol. The number of pyridine rings is 1. The number of aryl methyl sites for hydroxylation is 2. The minimum atomic E-state index is -4.38. The number of rotatable bonds is 7. The molecule has 1 aromatic carbocycles. The summed E-state index contributed by atoms with van der Waals surface area (Å²) in [4.78, 5) is 22.9. The highest BCUT2D eigenvalue weighted by Crippen LogP contribution is 2.30. The summed E-state index contributed by atoms with van der Waals surface area (Å²) in [5, 5.41) is 6.38. The van der Waals surface area contributed by atoms with Crippen molar-refractivity contribution in [2.24, 2.45) is 0 Å². The van der Waals surface area contributed by atoms with Crippen LogP contribution in [0.4, 0.5) is 24.7 Å². The van der Waals surface area contributed by atoms with Crippen LogP contribution in [0.2, 0.25) is 5.28 Å². The molecule has 0 saturated heterocycles. The number of nitrogens with one attached hydrogen (secondary N) is 2. The second-order valence-corrected chi connectivity index (χ2v) is 8.28. The fourth-order valence-corrected chi connectivity index (χ4v) is 3.95. The van der Waals surface area contributed by atoms with Crippen molar-refractivity contribution in [1.29, 1.82) is 0 Å². The number of aldehydes is 1. The zero-order chi connectivity index (χ0) is 27.3. The van der Waals surface area contributed by atoms with Crippen LogP contribution in [0, 0.1) is 0 Å². The summed E-state index contributed by atoms with van der Waals surface area (Å²) in [7, 11) is 0. The highest BCUT2D eigenvalue weighted by Gasteiger charge is 2.30. The Balaban J connectivity index is 0.000000330. The van der Waals surface area contributed by atoms with Crippen LogP contribution in [0.25, 0.3) is 0 Å². The average Bonchev–Trinajstić information content (AvgIpc) is 2.92. The van der Waals surface area contributed by atoms with Gasteiger partial charge in [0.2, 0.25) is 5.28 Å².